The van der Waals surface area contributed by atoms with Gasteiger partial charge in [0.1, 0.15) is 0 Å². The zero-order valence-electron chi connectivity index (χ0n) is 15.3. The number of carbonyl (C=O) groups is 1. The summed E-state index contributed by atoms with van der Waals surface area (Å²) in [6, 6.07) is 12.8. The van der Waals surface area contributed by atoms with Crippen LogP contribution in [0, 0.1) is 0 Å². The molecule has 0 aliphatic rings. The molecule has 0 N–H and O–H groups in total. The third-order valence-electron chi connectivity index (χ3n) is 4.12. The maximum Gasteiger partial charge on any atom is 0.258 e. The van der Waals surface area contributed by atoms with Gasteiger partial charge in [0.25, 0.3) is 5.91 Å². The molecule has 0 aliphatic heterocycles. The second-order valence-corrected chi connectivity index (χ2v) is 6.88. The summed E-state index contributed by atoms with van der Waals surface area (Å²) in [4.78, 5) is 14.6. The minimum absolute atomic E-state index is 0.142. The van der Waals surface area contributed by atoms with Crippen LogP contribution in [0.5, 0.6) is 5.75 Å². The maximum atomic E-state index is 12.9. The minimum Gasteiger partial charge on any atom is -0.490 e. The van der Waals surface area contributed by atoms with Crippen LogP contribution in [0.2, 0.25) is 10.0 Å². The van der Waals surface area contributed by atoms with Crippen LogP contribution < -0.4 is 9.64 Å². The molecule has 0 aliphatic carbocycles. The lowest BCUT2D eigenvalue weighted by atomic mass is 10.1. The molecule has 2 aromatic carbocycles. The third-order valence-corrected chi connectivity index (χ3v) is 4.68. The summed E-state index contributed by atoms with van der Waals surface area (Å²) >= 11 is 12.7. The topological polar surface area (TPSA) is 29.5 Å². The normalized spacial score (nSPS) is 10.6. The van der Waals surface area contributed by atoms with Gasteiger partial charge < -0.3 is 9.64 Å². The maximum absolute atomic E-state index is 12.9. The lowest BCUT2D eigenvalue weighted by Gasteiger charge is -2.21. The highest BCUT2D eigenvalue weighted by Crippen LogP contribution is 2.35. The first-order valence-corrected chi connectivity index (χ1v) is 9.82. The van der Waals surface area contributed by atoms with Gasteiger partial charge in [-0.1, -0.05) is 67.6 Å². The number of anilines is 1. The van der Waals surface area contributed by atoms with Crippen LogP contribution in [0.15, 0.2) is 42.5 Å². The van der Waals surface area contributed by atoms with Crippen molar-refractivity contribution in [3.8, 4) is 5.75 Å². The molecular formula is C21H25Cl2NO2. The molecule has 26 heavy (non-hydrogen) atoms. The number of ether oxygens (including phenoxy) is 1. The summed E-state index contributed by atoms with van der Waals surface area (Å²) in [6.07, 6.45) is 4.43. The van der Waals surface area contributed by atoms with E-state index >= 15 is 0 Å². The summed E-state index contributed by atoms with van der Waals surface area (Å²) in [7, 11) is 0. The van der Waals surface area contributed by atoms with Crippen molar-refractivity contribution in [1.29, 1.82) is 0 Å². The Kier molecular flexibility index (Phi) is 8.27. The highest BCUT2D eigenvalue weighted by molar-refractivity contribution is 6.37. The molecule has 0 radical (unpaired) electrons. The van der Waals surface area contributed by atoms with E-state index < -0.39 is 0 Å². The number of hydrogen-bond acceptors (Lipinski definition) is 2. The summed E-state index contributed by atoms with van der Waals surface area (Å²) in [5.74, 6) is 0.307. The van der Waals surface area contributed by atoms with E-state index in [-0.39, 0.29) is 5.91 Å². The zero-order chi connectivity index (χ0) is 18.9. The van der Waals surface area contributed by atoms with Crippen molar-refractivity contribution in [2.75, 3.05) is 18.1 Å². The number of halogens is 2. The molecule has 0 aromatic heterocycles. The monoisotopic (exact) mass is 393 g/mol. The summed E-state index contributed by atoms with van der Waals surface area (Å²) in [5, 5.41) is 0.723. The van der Waals surface area contributed by atoms with Gasteiger partial charge in [0.2, 0.25) is 0 Å². The van der Waals surface area contributed by atoms with Crippen molar-refractivity contribution in [2.45, 2.75) is 39.5 Å². The van der Waals surface area contributed by atoms with Crippen LogP contribution in [0.3, 0.4) is 0 Å². The molecule has 0 unspecified atom stereocenters. The third kappa shape index (κ3) is 5.39. The first-order chi connectivity index (χ1) is 12.6. The summed E-state index contributed by atoms with van der Waals surface area (Å²) < 4.78 is 5.73. The SMILES string of the molecule is CCCCCCOc1c(Cl)cc(C(=O)N(CC)c2ccccc2)cc1Cl. The van der Waals surface area contributed by atoms with Gasteiger partial charge in [0, 0.05) is 17.8 Å². The summed E-state index contributed by atoms with van der Waals surface area (Å²) in [5.41, 5.74) is 1.28. The molecule has 0 spiro atoms. The summed E-state index contributed by atoms with van der Waals surface area (Å²) in [6.45, 7) is 5.22. The van der Waals surface area contributed by atoms with Crippen molar-refractivity contribution in [1.82, 2.24) is 0 Å². The van der Waals surface area contributed by atoms with Crippen LogP contribution in [0.1, 0.15) is 49.9 Å². The van der Waals surface area contributed by atoms with E-state index in [9.17, 15) is 4.79 Å². The Morgan fingerprint density at radius 1 is 1.00 bits per heavy atom. The molecule has 3 nitrogen and oxygen atoms in total. The molecule has 2 rings (SSSR count). The molecule has 1 amide bonds. The molecule has 0 saturated carbocycles. The van der Waals surface area contributed by atoms with E-state index in [0.29, 0.717) is 34.5 Å². The molecular weight excluding hydrogens is 369 g/mol. The minimum atomic E-state index is -0.142. The van der Waals surface area contributed by atoms with E-state index in [0.717, 1.165) is 18.5 Å². The van der Waals surface area contributed by atoms with Crippen LogP contribution in [-0.2, 0) is 0 Å². The molecule has 0 saturated heterocycles. The van der Waals surface area contributed by atoms with Crippen molar-refractivity contribution in [2.24, 2.45) is 0 Å². The Morgan fingerprint density at radius 2 is 1.65 bits per heavy atom. The van der Waals surface area contributed by atoms with Crippen molar-refractivity contribution < 1.29 is 9.53 Å². The average molecular weight is 394 g/mol. The van der Waals surface area contributed by atoms with E-state index in [1.807, 2.05) is 37.3 Å². The molecule has 140 valence electrons. The number of unbranched alkanes of at least 4 members (excludes halogenated alkanes) is 3. The lowest BCUT2D eigenvalue weighted by molar-refractivity contribution is 0.0988. The van der Waals surface area contributed by atoms with Crippen molar-refractivity contribution >= 4 is 34.8 Å². The van der Waals surface area contributed by atoms with E-state index in [1.165, 1.54) is 12.8 Å². The molecule has 0 fully saturated rings. The molecule has 2 aromatic rings. The number of hydrogen-bond donors (Lipinski definition) is 0. The lowest BCUT2D eigenvalue weighted by Crippen LogP contribution is -2.30. The second-order valence-electron chi connectivity index (χ2n) is 6.06. The first-order valence-electron chi connectivity index (χ1n) is 9.07. The van der Waals surface area contributed by atoms with Gasteiger partial charge in [0.05, 0.1) is 16.7 Å². The van der Waals surface area contributed by atoms with Crippen molar-refractivity contribution in [3.05, 3.63) is 58.1 Å². The van der Waals surface area contributed by atoms with Crippen LogP contribution in [0.4, 0.5) is 5.69 Å². The predicted octanol–water partition coefficient (Wildman–Crippen LogP) is 6.62. The fraction of sp³-hybridized carbons (Fsp3) is 0.381. The fourth-order valence-corrected chi connectivity index (χ4v) is 3.33. The number of rotatable bonds is 9. The van der Waals surface area contributed by atoms with Gasteiger partial charge in [-0.25, -0.2) is 0 Å². The van der Waals surface area contributed by atoms with Gasteiger partial charge in [-0.15, -0.1) is 0 Å². The molecule has 5 heteroatoms. The highest BCUT2D eigenvalue weighted by atomic mass is 35.5. The first kappa shape index (κ1) is 20.6. The van der Waals surface area contributed by atoms with Gasteiger partial charge in [-0.3, -0.25) is 4.79 Å². The van der Waals surface area contributed by atoms with E-state index in [2.05, 4.69) is 6.92 Å². The number of amides is 1. The van der Waals surface area contributed by atoms with Crippen LogP contribution in [-0.4, -0.2) is 19.1 Å². The Hall–Kier alpha value is -1.71. The standard InChI is InChI=1S/C21H25Cl2NO2/c1-3-5-6-10-13-26-20-18(22)14-16(15-19(20)23)21(25)24(4-2)17-11-8-7-9-12-17/h7-9,11-12,14-15H,3-6,10,13H2,1-2H3. The van der Waals surface area contributed by atoms with Gasteiger partial charge in [0.15, 0.2) is 5.75 Å². The molecule has 0 atom stereocenters. The van der Waals surface area contributed by atoms with E-state index in [1.54, 1.807) is 17.0 Å². The quantitative estimate of drug-likeness (QED) is 0.448. The largest absolute Gasteiger partial charge is 0.490 e. The molecule has 0 bridgehead atoms. The number of carbonyl (C=O) groups excluding carboxylic acids is 1. The number of nitrogens with zero attached hydrogens (tertiary/aromatic N) is 1. The Morgan fingerprint density at radius 3 is 2.23 bits per heavy atom. The highest BCUT2D eigenvalue weighted by Gasteiger charge is 2.19. The number of benzene rings is 2. The van der Waals surface area contributed by atoms with Crippen molar-refractivity contribution in [3.63, 3.8) is 0 Å². The van der Waals surface area contributed by atoms with Gasteiger partial charge in [-0.2, -0.15) is 0 Å². The predicted molar refractivity (Wildman–Crippen MR) is 110 cm³/mol. The van der Waals surface area contributed by atoms with E-state index in [4.69, 9.17) is 27.9 Å². The second kappa shape index (κ2) is 10.4. The van der Waals surface area contributed by atoms with Crippen LogP contribution in [0.25, 0.3) is 0 Å². The molecule has 0 heterocycles. The Balaban J connectivity index is 2.14. The van der Waals surface area contributed by atoms with Gasteiger partial charge in [-0.05, 0) is 37.6 Å². The zero-order valence-corrected chi connectivity index (χ0v) is 16.8. The number of para-hydroxylation sites is 1. The smallest absolute Gasteiger partial charge is 0.258 e. The average Bonchev–Trinajstić information content (AvgIpc) is 2.64. The fourth-order valence-electron chi connectivity index (χ4n) is 2.73. The Bertz CT molecular complexity index is 696. The Labute approximate surface area is 165 Å². The van der Waals surface area contributed by atoms with Gasteiger partial charge >= 0.3 is 0 Å². The van der Waals surface area contributed by atoms with Crippen LogP contribution >= 0.6 is 23.2 Å².